The van der Waals surface area contributed by atoms with Gasteiger partial charge in [-0.25, -0.2) is 0 Å². The number of aryl methyl sites for hydroxylation is 1. The van der Waals surface area contributed by atoms with Gasteiger partial charge in [0.2, 0.25) is 0 Å². The number of ether oxygens (including phenoxy) is 1. The standard InChI is InChI=1S/C18H23NO3/c1-5-12-8-6-7-9-13(12)19-14(20)18-11-10-17(4,15(21)22-18)16(18,2)3/h6-9H,5,10-11H2,1-4H3,(H,19,20)/t17-,18-/m0/s1. The highest BCUT2D eigenvalue weighted by atomic mass is 16.6. The van der Waals surface area contributed by atoms with Gasteiger partial charge in [0.15, 0.2) is 5.60 Å². The molecule has 1 N–H and O–H groups in total. The van der Waals surface area contributed by atoms with Crippen molar-refractivity contribution in [3.63, 3.8) is 0 Å². The molecule has 22 heavy (non-hydrogen) atoms. The van der Waals surface area contributed by atoms with Crippen LogP contribution in [-0.2, 0) is 20.7 Å². The highest BCUT2D eigenvalue weighted by molar-refractivity contribution is 6.03. The van der Waals surface area contributed by atoms with Crippen LogP contribution in [0.3, 0.4) is 0 Å². The molecule has 118 valence electrons. The molecule has 4 nitrogen and oxygen atoms in total. The minimum Gasteiger partial charge on any atom is -0.448 e. The molecular weight excluding hydrogens is 278 g/mol. The zero-order valence-corrected chi connectivity index (χ0v) is 13.7. The lowest BCUT2D eigenvalue weighted by atomic mass is 9.66. The van der Waals surface area contributed by atoms with Crippen LogP contribution in [0.25, 0.3) is 0 Å². The summed E-state index contributed by atoms with van der Waals surface area (Å²) in [4.78, 5) is 25.2. The Hall–Kier alpha value is -1.84. The largest absolute Gasteiger partial charge is 0.448 e. The highest BCUT2D eigenvalue weighted by Crippen LogP contribution is 2.65. The summed E-state index contributed by atoms with van der Waals surface area (Å²) in [6.07, 6.45) is 2.12. The molecule has 3 rings (SSSR count). The number of anilines is 1. The molecule has 4 heteroatoms. The van der Waals surface area contributed by atoms with Crippen molar-refractivity contribution in [2.24, 2.45) is 10.8 Å². The van der Waals surface area contributed by atoms with E-state index in [4.69, 9.17) is 4.74 Å². The first-order chi connectivity index (χ1) is 10.3. The maximum absolute atomic E-state index is 13.0. The fourth-order valence-corrected chi connectivity index (χ4v) is 3.92. The molecule has 1 heterocycles. The summed E-state index contributed by atoms with van der Waals surface area (Å²) in [5.41, 5.74) is -0.261. The Morgan fingerprint density at radius 2 is 1.91 bits per heavy atom. The van der Waals surface area contributed by atoms with Gasteiger partial charge in [-0.05, 0) is 37.8 Å². The fourth-order valence-electron chi connectivity index (χ4n) is 3.92. The maximum Gasteiger partial charge on any atom is 0.313 e. The van der Waals surface area contributed by atoms with Gasteiger partial charge in [-0.1, -0.05) is 39.0 Å². The number of rotatable bonds is 3. The Balaban J connectivity index is 1.95. The van der Waals surface area contributed by atoms with Crippen LogP contribution < -0.4 is 5.32 Å². The second kappa shape index (κ2) is 4.58. The lowest BCUT2D eigenvalue weighted by Crippen LogP contribution is -2.50. The van der Waals surface area contributed by atoms with Crippen molar-refractivity contribution >= 4 is 17.6 Å². The van der Waals surface area contributed by atoms with E-state index in [1.807, 2.05) is 45.0 Å². The van der Waals surface area contributed by atoms with E-state index in [1.165, 1.54) is 0 Å². The normalized spacial score (nSPS) is 31.9. The number of esters is 1. The third kappa shape index (κ3) is 1.64. The number of para-hydroxylation sites is 1. The summed E-state index contributed by atoms with van der Waals surface area (Å²) < 4.78 is 5.62. The van der Waals surface area contributed by atoms with Gasteiger partial charge in [-0.3, -0.25) is 9.59 Å². The molecule has 2 aliphatic rings. The summed E-state index contributed by atoms with van der Waals surface area (Å²) in [6.45, 7) is 7.90. The van der Waals surface area contributed by atoms with Crippen molar-refractivity contribution < 1.29 is 14.3 Å². The third-order valence-electron chi connectivity index (χ3n) is 6.10. The maximum atomic E-state index is 13.0. The monoisotopic (exact) mass is 301 g/mol. The van der Waals surface area contributed by atoms with Gasteiger partial charge in [0, 0.05) is 11.1 Å². The fraction of sp³-hybridized carbons (Fsp3) is 0.556. The Kier molecular flexibility index (Phi) is 3.13. The molecule has 0 aromatic heterocycles. The van der Waals surface area contributed by atoms with Crippen molar-refractivity contribution in [3.05, 3.63) is 29.8 Å². The van der Waals surface area contributed by atoms with Crippen LogP contribution in [0.4, 0.5) is 5.69 Å². The zero-order valence-electron chi connectivity index (χ0n) is 13.7. The van der Waals surface area contributed by atoms with Crippen LogP contribution in [0.5, 0.6) is 0 Å². The smallest absolute Gasteiger partial charge is 0.313 e. The lowest BCUT2D eigenvalue weighted by Gasteiger charge is -2.35. The van der Waals surface area contributed by atoms with Gasteiger partial charge in [0.1, 0.15) is 0 Å². The van der Waals surface area contributed by atoms with E-state index in [2.05, 4.69) is 12.2 Å². The third-order valence-corrected chi connectivity index (χ3v) is 6.10. The van der Waals surface area contributed by atoms with E-state index in [9.17, 15) is 9.59 Å². The predicted octanol–water partition coefficient (Wildman–Crippen LogP) is 3.31. The summed E-state index contributed by atoms with van der Waals surface area (Å²) >= 11 is 0. The van der Waals surface area contributed by atoms with Gasteiger partial charge in [0.05, 0.1) is 5.41 Å². The zero-order chi connectivity index (χ0) is 16.2. The van der Waals surface area contributed by atoms with Crippen LogP contribution >= 0.6 is 0 Å². The van der Waals surface area contributed by atoms with Crippen LogP contribution in [-0.4, -0.2) is 17.5 Å². The molecule has 0 spiro atoms. The predicted molar refractivity (Wildman–Crippen MR) is 84.4 cm³/mol. The average Bonchev–Trinajstić information content (AvgIpc) is 2.78. The molecule has 1 saturated carbocycles. The minimum atomic E-state index is -1.06. The molecule has 2 atom stereocenters. The quantitative estimate of drug-likeness (QED) is 0.871. The van der Waals surface area contributed by atoms with E-state index in [0.717, 1.165) is 17.7 Å². The number of fused-ring (bicyclic) bond motifs is 2. The molecule has 1 amide bonds. The van der Waals surface area contributed by atoms with Gasteiger partial charge in [-0.2, -0.15) is 0 Å². The van der Waals surface area contributed by atoms with Gasteiger partial charge in [-0.15, -0.1) is 0 Å². The van der Waals surface area contributed by atoms with Crippen molar-refractivity contribution in [2.45, 2.75) is 52.6 Å². The second-order valence-corrected chi connectivity index (χ2v) is 7.14. The Labute approximate surface area is 131 Å². The molecule has 0 unspecified atom stereocenters. The first-order valence-electron chi connectivity index (χ1n) is 7.91. The molecule has 2 fully saturated rings. The molecule has 0 radical (unpaired) electrons. The highest BCUT2D eigenvalue weighted by Gasteiger charge is 2.75. The summed E-state index contributed by atoms with van der Waals surface area (Å²) in [5, 5.41) is 3.00. The summed E-state index contributed by atoms with van der Waals surface area (Å²) in [6, 6.07) is 7.75. The van der Waals surface area contributed by atoms with Crippen molar-refractivity contribution in [1.82, 2.24) is 0 Å². The number of hydrogen-bond acceptors (Lipinski definition) is 3. The molecule has 1 aromatic carbocycles. The van der Waals surface area contributed by atoms with Crippen LogP contribution in [0.1, 0.15) is 46.1 Å². The minimum absolute atomic E-state index is 0.201. The number of carbonyl (C=O) groups excluding carboxylic acids is 2. The summed E-state index contributed by atoms with van der Waals surface area (Å²) in [5.74, 6) is -0.448. The van der Waals surface area contributed by atoms with Crippen LogP contribution in [0.15, 0.2) is 24.3 Å². The Bertz CT molecular complexity index is 651. The van der Waals surface area contributed by atoms with Crippen molar-refractivity contribution in [3.8, 4) is 0 Å². The number of carbonyl (C=O) groups is 2. The van der Waals surface area contributed by atoms with E-state index in [-0.39, 0.29) is 11.9 Å². The summed E-state index contributed by atoms with van der Waals surface area (Å²) in [7, 11) is 0. The van der Waals surface area contributed by atoms with Gasteiger partial charge < -0.3 is 10.1 Å². The number of benzene rings is 1. The molecule has 1 aliphatic carbocycles. The Morgan fingerprint density at radius 3 is 2.45 bits per heavy atom. The number of nitrogens with one attached hydrogen (secondary N) is 1. The van der Waals surface area contributed by atoms with Crippen LogP contribution in [0.2, 0.25) is 0 Å². The first-order valence-corrected chi connectivity index (χ1v) is 7.91. The topological polar surface area (TPSA) is 55.4 Å². The number of hydrogen-bond donors (Lipinski definition) is 1. The van der Waals surface area contributed by atoms with Gasteiger partial charge in [0.25, 0.3) is 5.91 Å². The lowest BCUT2D eigenvalue weighted by molar-refractivity contribution is -0.165. The van der Waals surface area contributed by atoms with E-state index in [1.54, 1.807) is 0 Å². The van der Waals surface area contributed by atoms with Crippen molar-refractivity contribution in [2.75, 3.05) is 5.32 Å². The first kappa shape index (κ1) is 15.1. The van der Waals surface area contributed by atoms with E-state index in [0.29, 0.717) is 12.8 Å². The average molecular weight is 301 g/mol. The van der Waals surface area contributed by atoms with Crippen LogP contribution in [0, 0.1) is 10.8 Å². The SMILES string of the molecule is CCc1ccccc1NC(=O)[C@]12CC[C@@](C)(C(=O)O1)C2(C)C. The van der Waals surface area contributed by atoms with E-state index < -0.39 is 16.4 Å². The molecule has 1 saturated heterocycles. The Morgan fingerprint density at radius 1 is 1.23 bits per heavy atom. The molecule has 1 aliphatic heterocycles. The van der Waals surface area contributed by atoms with Gasteiger partial charge >= 0.3 is 5.97 Å². The van der Waals surface area contributed by atoms with Crippen molar-refractivity contribution in [1.29, 1.82) is 0 Å². The molecular formula is C18H23NO3. The van der Waals surface area contributed by atoms with E-state index >= 15 is 0 Å². The molecule has 1 aromatic rings. The molecule has 2 bridgehead atoms. The second-order valence-electron chi connectivity index (χ2n) is 7.14. The number of amides is 1.